The summed E-state index contributed by atoms with van der Waals surface area (Å²) >= 11 is 0. The van der Waals surface area contributed by atoms with Gasteiger partial charge in [0.1, 0.15) is 5.82 Å². The van der Waals surface area contributed by atoms with Crippen LogP contribution in [0.15, 0.2) is 24.3 Å². The van der Waals surface area contributed by atoms with Crippen LogP contribution in [0, 0.1) is 13.8 Å². The zero-order chi connectivity index (χ0) is 19.7. The van der Waals surface area contributed by atoms with Gasteiger partial charge in [-0.2, -0.15) is 0 Å². The average molecular weight is 380 g/mol. The summed E-state index contributed by atoms with van der Waals surface area (Å²) in [5.41, 5.74) is 7.00. The molecule has 2 N–H and O–H groups in total. The molecule has 0 saturated carbocycles. The van der Waals surface area contributed by atoms with Crippen molar-refractivity contribution >= 4 is 23.2 Å². The van der Waals surface area contributed by atoms with Crippen LogP contribution in [0.25, 0.3) is 0 Å². The Morgan fingerprint density at radius 2 is 1.71 bits per heavy atom. The Morgan fingerprint density at radius 1 is 1.00 bits per heavy atom. The number of aryl methyl sites for hydroxylation is 4. The number of carbonyl (C=O) groups is 1. The maximum absolute atomic E-state index is 12.8. The number of nitrogens with zero attached hydrogens (tertiary/aromatic N) is 3. The Kier molecular flexibility index (Phi) is 5.11. The first-order valence-corrected chi connectivity index (χ1v) is 10.1. The molecular weight excluding hydrogens is 350 g/mol. The minimum atomic E-state index is -0.0451. The zero-order valence-corrected chi connectivity index (χ0v) is 17.0. The highest BCUT2D eigenvalue weighted by molar-refractivity contribution is 5.92. The standard InChI is InChI=1S/C22H29N5O/c1-15-11-16(2)13-18(12-15)26-7-9-27(10-8-26)22(28)25-20-14-17-5-4-6-19(17)24-21(20)23-3/h11-14H,4-10H2,1-3H3,(H,23,24)(H,25,28). The lowest BCUT2D eigenvalue weighted by Crippen LogP contribution is -2.50. The summed E-state index contributed by atoms with van der Waals surface area (Å²) in [4.78, 5) is 21.8. The molecule has 1 aromatic heterocycles. The van der Waals surface area contributed by atoms with Crippen molar-refractivity contribution in [3.8, 4) is 0 Å². The lowest BCUT2D eigenvalue weighted by atomic mass is 10.1. The second-order valence-electron chi connectivity index (χ2n) is 7.84. The van der Waals surface area contributed by atoms with Gasteiger partial charge in [0.05, 0.1) is 5.69 Å². The number of urea groups is 1. The molecule has 2 aromatic rings. The number of anilines is 3. The fourth-order valence-electron chi connectivity index (χ4n) is 4.25. The third-order valence-electron chi connectivity index (χ3n) is 5.67. The number of piperazine rings is 1. The molecule has 1 aliphatic carbocycles. The molecule has 2 heterocycles. The molecule has 2 amide bonds. The monoisotopic (exact) mass is 379 g/mol. The first kappa shape index (κ1) is 18.6. The average Bonchev–Trinajstić information content (AvgIpc) is 3.14. The van der Waals surface area contributed by atoms with E-state index in [0.717, 1.165) is 49.6 Å². The molecule has 0 bridgehead atoms. The minimum absolute atomic E-state index is 0.0451. The summed E-state index contributed by atoms with van der Waals surface area (Å²) in [6.45, 7) is 7.38. The number of carbonyl (C=O) groups excluding carboxylic acids is 1. The van der Waals surface area contributed by atoms with E-state index >= 15 is 0 Å². The highest BCUT2D eigenvalue weighted by Gasteiger charge is 2.23. The largest absolute Gasteiger partial charge is 0.371 e. The Labute approximate surface area is 166 Å². The normalized spacial score (nSPS) is 16.1. The maximum atomic E-state index is 12.8. The van der Waals surface area contributed by atoms with Gasteiger partial charge in [-0.3, -0.25) is 0 Å². The van der Waals surface area contributed by atoms with E-state index in [1.165, 1.54) is 22.4 Å². The predicted octanol–water partition coefficient (Wildman–Crippen LogP) is 3.58. The van der Waals surface area contributed by atoms with E-state index in [2.05, 4.69) is 58.6 Å². The fraction of sp³-hybridized carbons (Fsp3) is 0.455. The smallest absolute Gasteiger partial charge is 0.322 e. The van der Waals surface area contributed by atoms with Gasteiger partial charge >= 0.3 is 6.03 Å². The van der Waals surface area contributed by atoms with Gasteiger partial charge in [0.25, 0.3) is 0 Å². The first-order chi connectivity index (χ1) is 13.5. The van der Waals surface area contributed by atoms with Gasteiger partial charge < -0.3 is 20.4 Å². The molecular formula is C22H29N5O. The molecule has 2 aliphatic rings. The predicted molar refractivity (Wildman–Crippen MR) is 115 cm³/mol. The lowest BCUT2D eigenvalue weighted by molar-refractivity contribution is 0.208. The highest BCUT2D eigenvalue weighted by Crippen LogP contribution is 2.29. The van der Waals surface area contributed by atoms with E-state index in [1.807, 2.05) is 11.9 Å². The van der Waals surface area contributed by atoms with Gasteiger partial charge in [-0.1, -0.05) is 6.07 Å². The van der Waals surface area contributed by atoms with Crippen molar-refractivity contribution in [1.29, 1.82) is 0 Å². The van der Waals surface area contributed by atoms with Gasteiger partial charge in [-0.25, -0.2) is 9.78 Å². The Bertz CT molecular complexity index is 866. The van der Waals surface area contributed by atoms with Gasteiger partial charge in [0.2, 0.25) is 0 Å². The van der Waals surface area contributed by atoms with Crippen LogP contribution in [-0.2, 0) is 12.8 Å². The number of aromatic nitrogens is 1. The topological polar surface area (TPSA) is 60.5 Å². The molecule has 0 atom stereocenters. The van der Waals surface area contributed by atoms with Crippen LogP contribution in [0.1, 0.15) is 28.8 Å². The van der Waals surface area contributed by atoms with Crippen molar-refractivity contribution in [2.75, 3.05) is 48.8 Å². The summed E-state index contributed by atoms with van der Waals surface area (Å²) in [7, 11) is 1.85. The number of pyridine rings is 1. The summed E-state index contributed by atoms with van der Waals surface area (Å²) < 4.78 is 0. The number of hydrogen-bond acceptors (Lipinski definition) is 4. The highest BCUT2D eigenvalue weighted by atomic mass is 16.2. The van der Waals surface area contributed by atoms with E-state index in [0.29, 0.717) is 13.1 Å². The van der Waals surface area contributed by atoms with Crippen molar-refractivity contribution < 1.29 is 4.79 Å². The van der Waals surface area contributed by atoms with Crippen LogP contribution in [0.2, 0.25) is 0 Å². The van der Waals surface area contributed by atoms with E-state index in [1.54, 1.807) is 0 Å². The molecule has 6 nitrogen and oxygen atoms in total. The van der Waals surface area contributed by atoms with E-state index in [4.69, 9.17) is 0 Å². The van der Waals surface area contributed by atoms with Crippen LogP contribution in [0.5, 0.6) is 0 Å². The molecule has 6 heteroatoms. The summed E-state index contributed by atoms with van der Waals surface area (Å²) in [6.07, 6.45) is 3.21. The molecule has 1 fully saturated rings. The number of nitrogens with one attached hydrogen (secondary N) is 2. The first-order valence-electron chi connectivity index (χ1n) is 10.1. The Hall–Kier alpha value is -2.76. The molecule has 0 spiro atoms. The number of fused-ring (bicyclic) bond motifs is 1. The maximum Gasteiger partial charge on any atom is 0.322 e. The fourth-order valence-corrected chi connectivity index (χ4v) is 4.25. The Balaban J connectivity index is 1.41. The van der Waals surface area contributed by atoms with Crippen LogP contribution in [0.3, 0.4) is 0 Å². The van der Waals surface area contributed by atoms with Crippen molar-refractivity contribution in [1.82, 2.24) is 9.88 Å². The summed E-state index contributed by atoms with van der Waals surface area (Å²) in [5.74, 6) is 0.753. The quantitative estimate of drug-likeness (QED) is 0.856. The van der Waals surface area contributed by atoms with Crippen molar-refractivity contribution in [3.05, 3.63) is 46.6 Å². The van der Waals surface area contributed by atoms with Gasteiger partial charge in [-0.15, -0.1) is 0 Å². The SMILES string of the molecule is CNc1nc2c(cc1NC(=O)N1CCN(c3cc(C)cc(C)c3)CC1)CCC2. The molecule has 1 saturated heterocycles. The third kappa shape index (κ3) is 3.77. The minimum Gasteiger partial charge on any atom is -0.371 e. The van der Waals surface area contributed by atoms with Crippen molar-refractivity contribution in [2.45, 2.75) is 33.1 Å². The number of hydrogen-bond donors (Lipinski definition) is 2. The molecule has 1 aromatic carbocycles. The third-order valence-corrected chi connectivity index (χ3v) is 5.67. The molecule has 28 heavy (non-hydrogen) atoms. The van der Waals surface area contributed by atoms with Crippen molar-refractivity contribution in [3.63, 3.8) is 0 Å². The van der Waals surface area contributed by atoms with E-state index in [9.17, 15) is 4.79 Å². The van der Waals surface area contributed by atoms with Gasteiger partial charge in [0.15, 0.2) is 0 Å². The Morgan fingerprint density at radius 3 is 2.39 bits per heavy atom. The van der Waals surface area contributed by atoms with Crippen LogP contribution in [-0.4, -0.2) is 49.1 Å². The molecule has 0 radical (unpaired) electrons. The second kappa shape index (κ2) is 7.70. The van der Waals surface area contributed by atoms with Crippen LogP contribution in [0.4, 0.5) is 22.0 Å². The van der Waals surface area contributed by atoms with Gasteiger partial charge in [0, 0.05) is 44.6 Å². The van der Waals surface area contributed by atoms with Crippen molar-refractivity contribution in [2.24, 2.45) is 0 Å². The molecule has 1 aliphatic heterocycles. The molecule has 4 rings (SSSR count). The zero-order valence-electron chi connectivity index (χ0n) is 17.0. The lowest BCUT2D eigenvalue weighted by Gasteiger charge is -2.36. The molecule has 0 unspecified atom stereocenters. The summed E-state index contributed by atoms with van der Waals surface area (Å²) in [5, 5.41) is 6.20. The second-order valence-corrected chi connectivity index (χ2v) is 7.84. The van der Waals surface area contributed by atoms with Gasteiger partial charge in [-0.05, 0) is 68.0 Å². The number of rotatable bonds is 3. The van der Waals surface area contributed by atoms with E-state index in [-0.39, 0.29) is 6.03 Å². The number of benzene rings is 1. The van der Waals surface area contributed by atoms with E-state index < -0.39 is 0 Å². The summed E-state index contributed by atoms with van der Waals surface area (Å²) in [6, 6.07) is 8.68. The van der Waals surface area contributed by atoms with Crippen LogP contribution >= 0.6 is 0 Å². The molecule has 148 valence electrons. The number of amides is 2. The van der Waals surface area contributed by atoms with Crippen LogP contribution < -0.4 is 15.5 Å².